The number of carbonyl (C=O) groups excluding carboxylic acids is 1. The molecular formula is C23H27N3O3. The van der Waals surface area contributed by atoms with Gasteiger partial charge < -0.3 is 9.47 Å². The molecule has 0 aliphatic carbocycles. The summed E-state index contributed by atoms with van der Waals surface area (Å²) in [6, 6.07) is 15.5. The number of rotatable bonds is 6. The topological polar surface area (TPSA) is 63.5 Å². The maximum Gasteiger partial charge on any atom is 0.323 e. The minimum atomic E-state index is -0.217. The average Bonchev–Trinajstić information content (AvgIpc) is 3.16. The van der Waals surface area contributed by atoms with E-state index in [0.717, 1.165) is 42.1 Å². The first kappa shape index (κ1) is 19.6. The van der Waals surface area contributed by atoms with E-state index in [-0.39, 0.29) is 24.0 Å². The third kappa shape index (κ3) is 4.03. The molecule has 0 saturated carbocycles. The number of hydrogen-bond acceptors (Lipinski definition) is 6. The molecule has 0 unspecified atom stereocenters. The summed E-state index contributed by atoms with van der Waals surface area (Å²) in [5.41, 5.74) is 2.68. The fourth-order valence-corrected chi connectivity index (χ4v) is 4.32. The van der Waals surface area contributed by atoms with E-state index in [4.69, 9.17) is 9.47 Å². The Morgan fingerprint density at radius 1 is 1.14 bits per heavy atom. The summed E-state index contributed by atoms with van der Waals surface area (Å²) in [5.74, 6) is 1.01. The maximum absolute atomic E-state index is 12.6. The Kier molecular flexibility index (Phi) is 5.90. The van der Waals surface area contributed by atoms with Crippen LogP contribution >= 0.6 is 0 Å². The lowest BCUT2D eigenvalue weighted by molar-refractivity contribution is -0.149. The van der Waals surface area contributed by atoms with Crippen LogP contribution in [0.1, 0.15) is 38.3 Å². The highest BCUT2D eigenvalue weighted by Gasteiger charge is 2.48. The number of likely N-dealkylation sites (tertiary alicyclic amines) is 1. The highest BCUT2D eigenvalue weighted by Crippen LogP contribution is 2.48. The molecule has 2 aromatic carbocycles. The molecule has 6 nitrogen and oxygen atoms in total. The Balaban J connectivity index is 1.60. The van der Waals surface area contributed by atoms with Gasteiger partial charge in [0, 0.05) is 17.5 Å². The molecule has 6 heteroatoms. The second-order valence-corrected chi connectivity index (χ2v) is 7.52. The first-order valence-corrected chi connectivity index (χ1v) is 10.4. The molecule has 2 aliphatic rings. The van der Waals surface area contributed by atoms with Crippen LogP contribution in [0.5, 0.6) is 5.75 Å². The lowest BCUT2D eigenvalue weighted by Crippen LogP contribution is -2.39. The van der Waals surface area contributed by atoms with E-state index in [1.807, 2.05) is 55.5 Å². The molecule has 2 heterocycles. The van der Waals surface area contributed by atoms with Crippen LogP contribution in [0.15, 0.2) is 58.8 Å². The SMILES string of the molecule is CCCOC(=O)[C@H]1C[C@@H]2COc3ccc(N=Nc4ccccc4)cc3[C@@H]2N1CC. The minimum Gasteiger partial charge on any atom is -0.493 e. The van der Waals surface area contributed by atoms with Crippen molar-refractivity contribution >= 4 is 17.3 Å². The average molecular weight is 393 g/mol. The van der Waals surface area contributed by atoms with Crippen molar-refractivity contribution in [1.29, 1.82) is 0 Å². The van der Waals surface area contributed by atoms with Crippen molar-refractivity contribution in [3.63, 3.8) is 0 Å². The highest BCUT2D eigenvalue weighted by atomic mass is 16.5. The largest absolute Gasteiger partial charge is 0.493 e. The maximum atomic E-state index is 12.6. The van der Waals surface area contributed by atoms with Gasteiger partial charge >= 0.3 is 5.97 Å². The molecule has 4 rings (SSSR count). The van der Waals surface area contributed by atoms with E-state index >= 15 is 0 Å². The van der Waals surface area contributed by atoms with Crippen molar-refractivity contribution in [2.24, 2.45) is 16.1 Å². The lowest BCUT2D eigenvalue weighted by Gasteiger charge is -2.34. The van der Waals surface area contributed by atoms with Crippen LogP contribution in [0.2, 0.25) is 0 Å². The Bertz CT molecular complexity index is 884. The molecule has 1 saturated heterocycles. The molecule has 29 heavy (non-hydrogen) atoms. The Morgan fingerprint density at radius 3 is 2.69 bits per heavy atom. The van der Waals surface area contributed by atoms with Crippen LogP contribution in [0.3, 0.4) is 0 Å². The minimum absolute atomic E-state index is 0.121. The van der Waals surface area contributed by atoms with Crippen LogP contribution < -0.4 is 4.74 Å². The summed E-state index contributed by atoms with van der Waals surface area (Å²) in [6.45, 7) is 5.98. The molecule has 152 valence electrons. The Hall–Kier alpha value is -2.73. The fraction of sp³-hybridized carbons (Fsp3) is 0.435. The van der Waals surface area contributed by atoms with Crippen molar-refractivity contribution in [2.75, 3.05) is 19.8 Å². The van der Waals surface area contributed by atoms with Gasteiger partial charge in [0.2, 0.25) is 0 Å². The predicted molar refractivity (Wildman–Crippen MR) is 111 cm³/mol. The first-order valence-electron chi connectivity index (χ1n) is 10.4. The summed E-state index contributed by atoms with van der Waals surface area (Å²) >= 11 is 0. The third-order valence-electron chi connectivity index (χ3n) is 5.62. The molecule has 0 spiro atoms. The molecular weight excluding hydrogens is 366 g/mol. The standard InChI is InChI=1S/C23H27N3O3/c1-3-12-28-23(27)20-13-16-15-29-21-11-10-18(14-19(21)22(16)26(20)4-2)25-24-17-8-6-5-7-9-17/h5-11,14,16,20,22H,3-4,12-13,15H2,1-2H3/t16-,20-,22-/m1/s1. The Labute approximate surface area is 171 Å². The molecule has 1 fully saturated rings. The van der Waals surface area contributed by atoms with Crippen LogP contribution in [0.25, 0.3) is 0 Å². The van der Waals surface area contributed by atoms with Crippen molar-refractivity contribution in [2.45, 2.75) is 38.8 Å². The van der Waals surface area contributed by atoms with Gasteiger partial charge in [-0.3, -0.25) is 9.69 Å². The lowest BCUT2D eigenvalue weighted by atomic mass is 9.90. The van der Waals surface area contributed by atoms with Crippen LogP contribution in [0, 0.1) is 5.92 Å². The van der Waals surface area contributed by atoms with E-state index in [0.29, 0.717) is 13.2 Å². The smallest absolute Gasteiger partial charge is 0.323 e. The molecule has 2 aliphatic heterocycles. The number of ether oxygens (including phenoxy) is 2. The van der Waals surface area contributed by atoms with E-state index in [1.54, 1.807) is 0 Å². The highest BCUT2D eigenvalue weighted by molar-refractivity contribution is 5.76. The summed E-state index contributed by atoms with van der Waals surface area (Å²) in [7, 11) is 0. The number of nitrogens with zero attached hydrogens (tertiary/aromatic N) is 3. The van der Waals surface area contributed by atoms with Crippen molar-refractivity contribution in [3.05, 3.63) is 54.1 Å². The zero-order chi connectivity index (χ0) is 20.2. The summed E-state index contributed by atoms with van der Waals surface area (Å²) in [4.78, 5) is 14.9. The van der Waals surface area contributed by atoms with Gasteiger partial charge in [-0.15, -0.1) is 0 Å². The summed E-state index contributed by atoms with van der Waals surface area (Å²) in [5, 5.41) is 8.73. The predicted octanol–water partition coefficient (Wildman–Crippen LogP) is 5.20. The van der Waals surface area contributed by atoms with Crippen LogP contribution in [-0.2, 0) is 9.53 Å². The van der Waals surface area contributed by atoms with Crippen molar-refractivity contribution in [3.8, 4) is 5.75 Å². The van der Waals surface area contributed by atoms with Gasteiger partial charge in [-0.1, -0.05) is 32.0 Å². The van der Waals surface area contributed by atoms with Gasteiger partial charge in [-0.05, 0) is 49.7 Å². The molecule has 0 bridgehead atoms. The van der Waals surface area contributed by atoms with Gasteiger partial charge in [-0.25, -0.2) is 0 Å². The van der Waals surface area contributed by atoms with E-state index in [1.165, 1.54) is 0 Å². The molecule has 2 aromatic rings. The number of benzene rings is 2. The summed E-state index contributed by atoms with van der Waals surface area (Å²) < 4.78 is 11.5. The molecule has 0 aromatic heterocycles. The number of fused-ring (bicyclic) bond motifs is 3. The Morgan fingerprint density at radius 2 is 1.93 bits per heavy atom. The summed E-state index contributed by atoms with van der Waals surface area (Å²) in [6.07, 6.45) is 1.59. The first-order chi connectivity index (χ1) is 14.2. The molecule has 3 atom stereocenters. The van der Waals surface area contributed by atoms with Gasteiger partial charge in [0.15, 0.2) is 0 Å². The number of esters is 1. The van der Waals surface area contributed by atoms with Gasteiger partial charge in [0.05, 0.1) is 24.6 Å². The second kappa shape index (κ2) is 8.74. The van der Waals surface area contributed by atoms with Gasteiger partial charge in [-0.2, -0.15) is 10.2 Å². The van der Waals surface area contributed by atoms with E-state index in [2.05, 4.69) is 22.1 Å². The fourth-order valence-electron chi connectivity index (χ4n) is 4.32. The van der Waals surface area contributed by atoms with E-state index < -0.39 is 0 Å². The van der Waals surface area contributed by atoms with Crippen LogP contribution in [-0.4, -0.2) is 36.7 Å². The number of hydrogen-bond donors (Lipinski definition) is 0. The molecule has 0 radical (unpaired) electrons. The van der Waals surface area contributed by atoms with Crippen molar-refractivity contribution < 1.29 is 14.3 Å². The second-order valence-electron chi connectivity index (χ2n) is 7.52. The van der Waals surface area contributed by atoms with E-state index in [9.17, 15) is 4.79 Å². The van der Waals surface area contributed by atoms with Gasteiger partial charge in [0.1, 0.15) is 11.8 Å². The van der Waals surface area contributed by atoms with Gasteiger partial charge in [0.25, 0.3) is 0 Å². The monoisotopic (exact) mass is 393 g/mol. The zero-order valence-electron chi connectivity index (χ0n) is 17.0. The molecule has 0 N–H and O–H groups in total. The quantitative estimate of drug-likeness (QED) is 0.500. The van der Waals surface area contributed by atoms with Crippen LogP contribution in [0.4, 0.5) is 11.4 Å². The zero-order valence-corrected chi connectivity index (χ0v) is 17.0. The van der Waals surface area contributed by atoms with Crippen molar-refractivity contribution in [1.82, 2.24) is 4.90 Å². The third-order valence-corrected chi connectivity index (χ3v) is 5.62. The number of carbonyl (C=O) groups is 1. The normalized spacial score (nSPS) is 23.4. The number of azo groups is 1. The number of likely N-dealkylation sites (N-methyl/N-ethyl adjacent to an activating group) is 1. The molecule has 0 amide bonds.